The van der Waals surface area contributed by atoms with E-state index < -0.39 is 0 Å². The Morgan fingerprint density at radius 1 is 1.12 bits per heavy atom. The van der Waals surface area contributed by atoms with Gasteiger partial charge in [-0.25, -0.2) is 0 Å². The van der Waals surface area contributed by atoms with Crippen molar-refractivity contribution in [3.05, 3.63) is 53.1 Å². The Hall–Kier alpha value is -1.80. The van der Waals surface area contributed by atoms with Crippen LogP contribution in [-0.4, -0.2) is 13.4 Å². The highest BCUT2D eigenvalue weighted by Crippen LogP contribution is 2.27. The Balaban J connectivity index is 2.51. The summed E-state index contributed by atoms with van der Waals surface area (Å²) in [6, 6.07) is 12.8. The van der Waals surface area contributed by atoms with Crippen molar-refractivity contribution < 1.29 is 9.53 Å². The molecule has 0 saturated carbocycles. The predicted octanol–water partition coefficient (Wildman–Crippen LogP) is 3.83. The first-order valence-corrected chi connectivity index (χ1v) is 5.51. The number of rotatable bonds is 3. The lowest BCUT2D eigenvalue weighted by molar-refractivity contribution is 0.112. The van der Waals surface area contributed by atoms with E-state index in [1.807, 2.05) is 24.3 Å². The molecule has 2 aromatic rings. The van der Waals surface area contributed by atoms with Crippen LogP contribution < -0.4 is 4.74 Å². The molecule has 2 nitrogen and oxygen atoms in total. The Labute approximate surface area is 105 Å². The van der Waals surface area contributed by atoms with Gasteiger partial charge in [-0.05, 0) is 41.5 Å². The van der Waals surface area contributed by atoms with Crippen molar-refractivity contribution in [1.82, 2.24) is 0 Å². The Morgan fingerprint density at radius 2 is 1.82 bits per heavy atom. The number of hydrogen-bond donors (Lipinski definition) is 0. The minimum absolute atomic E-state index is 0.603. The molecule has 0 saturated heterocycles. The Kier molecular flexibility index (Phi) is 3.45. The van der Waals surface area contributed by atoms with Gasteiger partial charge in [0.25, 0.3) is 0 Å². The molecular formula is C14H11ClO2. The second kappa shape index (κ2) is 5.02. The lowest BCUT2D eigenvalue weighted by Gasteiger charge is -2.07. The van der Waals surface area contributed by atoms with Crippen molar-refractivity contribution in [3.8, 4) is 16.9 Å². The number of methoxy groups -OCH3 is 1. The molecule has 0 atom stereocenters. The molecule has 0 spiro atoms. The average molecular weight is 247 g/mol. The summed E-state index contributed by atoms with van der Waals surface area (Å²) in [4.78, 5) is 11.1. The molecule has 0 bridgehead atoms. The van der Waals surface area contributed by atoms with Gasteiger partial charge in [0.1, 0.15) is 5.75 Å². The topological polar surface area (TPSA) is 26.3 Å². The van der Waals surface area contributed by atoms with Crippen LogP contribution in [0.2, 0.25) is 5.02 Å². The molecular weight excluding hydrogens is 236 g/mol. The largest absolute Gasteiger partial charge is 0.497 e. The first-order chi connectivity index (χ1) is 8.24. The number of hydrogen-bond acceptors (Lipinski definition) is 2. The lowest BCUT2D eigenvalue weighted by Crippen LogP contribution is -1.90. The molecule has 0 unspecified atom stereocenters. The fourth-order valence-electron chi connectivity index (χ4n) is 1.66. The minimum atomic E-state index is 0.603. The van der Waals surface area contributed by atoms with Crippen LogP contribution in [0, 0.1) is 0 Å². The van der Waals surface area contributed by atoms with Crippen molar-refractivity contribution in [3.63, 3.8) is 0 Å². The molecule has 0 aromatic heterocycles. The molecule has 86 valence electrons. The highest BCUT2D eigenvalue weighted by molar-refractivity contribution is 6.30. The van der Waals surface area contributed by atoms with Crippen molar-refractivity contribution in [2.24, 2.45) is 0 Å². The van der Waals surface area contributed by atoms with Crippen LogP contribution in [0.4, 0.5) is 0 Å². The van der Waals surface area contributed by atoms with Gasteiger partial charge >= 0.3 is 0 Å². The van der Waals surface area contributed by atoms with Crippen LogP contribution in [0.25, 0.3) is 11.1 Å². The molecule has 0 radical (unpaired) electrons. The lowest BCUT2D eigenvalue weighted by atomic mass is 10.0. The van der Waals surface area contributed by atoms with Crippen molar-refractivity contribution >= 4 is 17.9 Å². The van der Waals surface area contributed by atoms with Crippen molar-refractivity contribution in [2.75, 3.05) is 7.11 Å². The molecule has 0 aliphatic carbocycles. The molecule has 2 aromatic carbocycles. The van der Waals surface area contributed by atoms with E-state index in [1.54, 1.807) is 25.3 Å². The smallest absolute Gasteiger partial charge is 0.150 e. The van der Waals surface area contributed by atoms with E-state index in [9.17, 15) is 4.79 Å². The van der Waals surface area contributed by atoms with Gasteiger partial charge in [-0.3, -0.25) is 4.79 Å². The maximum atomic E-state index is 11.1. The number of carbonyl (C=O) groups excluding carboxylic acids is 1. The highest BCUT2D eigenvalue weighted by atomic mass is 35.5. The molecule has 0 N–H and O–H groups in total. The van der Waals surface area contributed by atoms with Crippen LogP contribution in [0.15, 0.2) is 42.5 Å². The first kappa shape index (κ1) is 11.7. The van der Waals surface area contributed by atoms with Crippen LogP contribution in [0.1, 0.15) is 10.4 Å². The monoisotopic (exact) mass is 246 g/mol. The average Bonchev–Trinajstić information content (AvgIpc) is 2.39. The quantitative estimate of drug-likeness (QED) is 0.770. The molecule has 0 aliphatic rings. The van der Waals surface area contributed by atoms with Crippen LogP contribution in [-0.2, 0) is 0 Å². The summed E-state index contributed by atoms with van der Waals surface area (Å²) in [6.07, 6.45) is 0.826. The third-order valence-corrected chi connectivity index (χ3v) is 2.79. The second-order valence-corrected chi connectivity index (χ2v) is 4.01. The second-order valence-electron chi connectivity index (χ2n) is 3.58. The van der Waals surface area contributed by atoms with Crippen molar-refractivity contribution in [2.45, 2.75) is 0 Å². The Bertz CT molecular complexity index is 532. The Morgan fingerprint density at radius 3 is 2.41 bits per heavy atom. The fraction of sp³-hybridized carbons (Fsp3) is 0.0714. The van der Waals surface area contributed by atoms with E-state index in [-0.39, 0.29) is 0 Å². The summed E-state index contributed by atoms with van der Waals surface area (Å²) < 4.78 is 5.09. The third-order valence-electron chi connectivity index (χ3n) is 2.54. The zero-order chi connectivity index (χ0) is 12.3. The van der Waals surface area contributed by atoms with E-state index in [0.717, 1.165) is 17.4 Å². The zero-order valence-electron chi connectivity index (χ0n) is 9.31. The molecule has 0 fully saturated rings. The SMILES string of the molecule is COc1ccc(-c2ccc(Cl)cc2)c(C=O)c1. The van der Waals surface area contributed by atoms with Gasteiger partial charge in [0, 0.05) is 10.6 Å². The summed E-state index contributed by atoms with van der Waals surface area (Å²) in [6.45, 7) is 0. The van der Waals surface area contributed by atoms with Gasteiger partial charge in [0.2, 0.25) is 0 Å². The summed E-state index contributed by atoms with van der Waals surface area (Å²) >= 11 is 5.83. The van der Waals surface area contributed by atoms with Gasteiger partial charge < -0.3 is 4.74 Å². The summed E-state index contributed by atoms with van der Waals surface area (Å²) in [5, 5.41) is 0.676. The number of carbonyl (C=O) groups is 1. The van der Waals surface area contributed by atoms with Crippen LogP contribution in [0.5, 0.6) is 5.75 Å². The molecule has 3 heteroatoms. The number of aldehydes is 1. The highest BCUT2D eigenvalue weighted by Gasteiger charge is 2.06. The first-order valence-electron chi connectivity index (χ1n) is 5.14. The summed E-state index contributed by atoms with van der Waals surface area (Å²) in [5.74, 6) is 0.671. The van der Waals surface area contributed by atoms with E-state index in [2.05, 4.69) is 0 Å². The predicted molar refractivity (Wildman–Crippen MR) is 68.8 cm³/mol. The van der Waals surface area contributed by atoms with Crippen LogP contribution >= 0.6 is 11.6 Å². The van der Waals surface area contributed by atoms with Gasteiger partial charge in [-0.15, -0.1) is 0 Å². The molecule has 17 heavy (non-hydrogen) atoms. The standard InChI is InChI=1S/C14H11ClO2/c1-17-13-6-7-14(11(8-13)9-16)10-2-4-12(15)5-3-10/h2-9H,1H3. The minimum Gasteiger partial charge on any atom is -0.497 e. The van der Waals surface area contributed by atoms with Gasteiger partial charge in [0.15, 0.2) is 6.29 Å². The van der Waals surface area contributed by atoms with E-state index in [0.29, 0.717) is 16.3 Å². The fourth-order valence-corrected chi connectivity index (χ4v) is 1.78. The summed E-state index contributed by atoms with van der Waals surface area (Å²) in [5.41, 5.74) is 2.43. The molecule has 0 heterocycles. The van der Waals surface area contributed by atoms with E-state index in [4.69, 9.17) is 16.3 Å². The van der Waals surface area contributed by atoms with E-state index in [1.165, 1.54) is 0 Å². The normalized spacial score (nSPS) is 10.0. The number of halogens is 1. The molecule has 2 rings (SSSR count). The van der Waals surface area contributed by atoms with E-state index >= 15 is 0 Å². The van der Waals surface area contributed by atoms with Gasteiger partial charge in [-0.2, -0.15) is 0 Å². The van der Waals surface area contributed by atoms with Gasteiger partial charge in [-0.1, -0.05) is 23.7 Å². The molecule has 0 aliphatic heterocycles. The maximum absolute atomic E-state index is 11.1. The zero-order valence-corrected chi connectivity index (χ0v) is 10.1. The third kappa shape index (κ3) is 2.48. The number of ether oxygens (including phenoxy) is 1. The summed E-state index contributed by atoms with van der Waals surface area (Å²) in [7, 11) is 1.58. The maximum Gasteiger partial charge on any atom is 0.150 e. The van der Waals surface area contributed by atoms with Crippen LogP contribution in [0.3, 0.4) is 0 Å². The molecule has 0 amide bonds. The van der Waals surface area contributed by atoms with Gasteiger partial charge in [0.05, 0.1) is 7.11 Å². The van der Waals surface area contributed by atoms with Crippen molar-refractivity contribution in [1.29, 1.82) is 0 Å². The number of benzene rings is 2.